The molecule has 0 fully saturated rings. The van der Waals surface area contributed by atoms with Gasteiger partial charge in [0, 0.05) is 43.2 Å². The summed E-state index contributed by atoms with van der Waals surface area (Å²) in [6.45, 7) is 8.47. The molecule has 0 spiro atoms. The standard InChI is InChI=1S/C23H28FN7O.H2S/c1-13(2)22-23(32)29-21-15(4)28-19(8-18(21)30(22)5)26-9-16-10-27-31(11-16)12-17-6-7-25-14(3)20(17)24;/h6-8,10-11,13,22H,9,12H2,1-5H3,(H,26,28)(H,29,32);1H2/t22-;/m0./s1. The van der Waals surface area contributed by atoms with E-state index in [1.807, 2.05) is 45.0 Å². The van der Waals surface area contributed by atoms with Gasteiger partial charge in [-0.15, -0.1) is 0 Å². The third kappa shape index (κ3) is 4.95. The largest absolute Gasteiger partial charge is 0.366 e. The minimum absolute atomic E-state index is 0. The molecule has 1 atom stereocenters. The number of carbonyl (C=O) groups is 1. The zero-order valence-electron chi connectivity index (χ0n) is 19.5. The average Bonchev–Trinajstić information content (AvgIpc) is 3.18. The van der Waals surface area contributed by atoms with Crippen LogP contribution in [-0.2, 0) is 17.9 Å². The average molecular weight is 472 g/mol. The number of carbonyl (C=O) groups excluding carboxylic acids is 1. The van der Waals surface area contributed by atoms with E-state index in [-0.39, 0.29) is 37.2 Å². The van der Waals surface area contributed by atoms with Crippen molar-refractivity contribution in [2.75, 3.05) is 22.6 Å². The van der Waals surface area contributed by atoms with E-state index in [0.29, 0.717) is 24.3 Å². The van der Waals surface area contributed by atoms with E-state index < -0.39 is 0 Å². The van der Waals surface area contributed by atoms with E-state index in [1.165, 1.54) is 0 Å². The molecular weight excluding hydrogens is 441 g/mol. The Balaban J connectivity index is 0.00000306. The second kappa shape index (κ2) is 9.78. The maximum Gasteiger partial charge on any atom is 0.247 e. The third-order valence-corrected chi connectivity index (χ3v) is 5.76. The van der Waals surface area contributed by atoms with Gasteiger partial charge in [-0.1, -0.05) is 13.8 Å². The van der Waals surface area contributed by atoms with Gasteiger partial charge in [0.25, 0.3) is 0 Å². The molecule has 33 heavy (non-hydrogen) atoms. The molecule has 0 radical (unpaired) electrons. The summed E-state index contributed by atoms with van der Waals surface area (Å²) in [5.41, 5.74) is 4.34. The molecule has 0 aromatic carbocycles. The maximum absolute atomic E-state index is 14.2. The third-order valence-electron chi connectivity index (χ3n) is 5.76. The van der Waals surface area contributed by atoms with Gasteiger partial charge in [0.15, 0.2) is 0 Å². The first-order chi connectivity index (χ1) is 15.2. The first-order valence-corrected chi connectivity index (χ1v) is 10.6. The lowest BCUT2D eigenvalue weighted by Gasteiger charge is -2.38. The second-order valence-corrected chi connectivity index (χ2v) is 8.55. The molecule has 1 aliphatic heterocycles. The van der Waals surface area contributed by atoms with Gasteiger partial charge in [-0.2, -0.15) is 18.6 Å². The quantitative estimate of drug-likeness (QED) is 0.571. The summed E-state index contributed by atoms with van der Waals surface area (Å²) in [5.74, 6) is 0.592. The number of rotatable bonds is 6. The van der Waals surface area contributed by atoms with E-state index in [1.54, 1.807) is 30.1 Å². The fourth-order valence-corrected chi connectivity index (χ4v) is 4.13. The molecule has 0 unspecified atom stereocenters. The second-order valence-electron chi connectivity index (χ2n) is 8.55. The number of aryl methyl sites for hydroxylation is 2. The Hall–Kier alpha value is -3.14. The van der Waals surface area contributed by atoms with E-state index in [2.05, 4.69) is 25.7 Å². The van der Waals surface area contributed by atoms with Crippen LogP contribution in [0.2, 0.25) is 0 Å². The normalized spacial score (nSPS) is 15.2. The number of nitrogens with zero attached hydrogens (tertiary/aromatic N) is 5. The summed E-state index contributed by atoms with van der Waals surface area (Å²) in [5, 5.41) is 10.7. The van der Waals surface area contributed by atoms with E-state index in [4.69, 9.17) is 0 Å². The van der Waals surface area contributed by atoms with Crippen molar-refractivity contribution in [1.29, 1.82) is 0 Å². The number of pyridine rings is 2. The van der Waals surface area contributed by atoms with Gasteiger partial charge in [-0.3, -0.25) is 14.5 Å². The number of anilines is 3. The van der Waals surface area contributed by atoms with Gasteiger partial charge < -0.3 is 15.5 Å². The van der Waals surface area contributed by atoms with Crippen LogP contribution in [0.1, 0.15) is 36.4 Å². The number of halogens is 1. The molecule has 8 nitrogen and oxygen atoms in total. The Morgan fingerprint density at radius 3 is 2.76 bits per heavy atom. The molecule has 2 N–H and O–H groups in total. The highest BCUT2D eigenvalue weighted by Gasteiger charge is 2.34. The molecule has 3 aromatic heterocycles. The highest BCUT2D eigenvalue weighted by Crippen LogP contribution is 2.36. The fraction of sp³-hybridized carbons (Fsp3) is 0.391. The van der Waals surface area contributed by atoms with E-state index in [9.17, 15) is 9.18 Å². The van der Waals surface area contributed by atoms with Crippen molar-refractivity contribution >= 4 is 36.6 Å². The Morgan fingerprint density at radius 1 is 1.27 bits per heavy atom. The fourth-order valence-electron chi connectivity index (χ4n) is 4.13. The SMILES string of the molecule is Cc1nccc(Cn2cc(CNc3cc4c(c(C)n3)NC(=O)[C@H](C(C)C)N4C)cn2)c1F.S. The number of hydrogen-bond acceptors (Lipinski definition) is 6. The van der Waals surface area contributed by atoms with Crippen molar-refractivity contribution in [1.82, 2.24) is 19.7 Å². The van der Waals surface area contributed by atoms with Crippen LogP contribution in [0.5, 0.6) is 0 Å². The zero-order chi connectivity index (χ0) is 23.0. The molecule has 4 heterocycles. The molecule has 0 saturated heterocycles. The molecule has 0 saturated carbocycles. The van der Waals surface area contributed by atoms with Crippen LogP contribution >= 0.6 is 13.5 Å². The van der Waals surface area contributed by atoms with Crippen molar-refractivity contribution in [2.24, 2.45) is 5.92 Å². The minimum Gasteiger partial charge on any atom is -0.366 e. The summed E-state index contributed by atoms with van der Waals surface area (Å²) in [7, 11) is 1.94. The summed E-state index contributed by atoms with van der Waals surface area (Å²) < 4.78 is 15.9. The van der Waals surface area contributed by atoms with E-state index >= 15 is 0 Å². The Labute approximate surface area is 200 Å². The van der Waals surface area contributed by atoms with Crippen molar-refractivity contribution < 1.29 is 9.18 Å². The van der Waals surface area contributed by atoms with E-state index in [0.717, 1.165) is 28.5 Å². The zero-order valence-corrected chi connectivity index (χ0v) is 20.5. The first kappa shape index (κ1) is 24.5. The summed E-state index contributed by atoms with van der Waals surface area (Å²) >= 11 is 0. The molecule has 3 aromatic rings. The molecule has 0 aliphatic carbocycles. The van der Waals surface area contributed by atoms with Crippen LogP contribution in [-0.4, -0.2) is 38.7 Å². The molecule has 4 rings (SSSR count). The summed E-state index contributed by atoms with van der Waals surface area (Å²) in [6.07, 6.45) is 5.24. The Kier molecular flexibility index (Phi) is 7.26. The maximum atomic E-state index is 14.2. The smallest absolute Gasteiger partial charge is 0.247 e. The minimum atomic E-state index is -0.299. The Bertz CT molecular complexity index is 1160. The first-order valence-electron chi connectivity index (χ1n) is 10.6. The number of amides is 1. The van der Waals surface area contributed by atoms with Crippen molar-refractivity contribution in [3.8, 4) is 0 Å². The van der Waals surface area contributed by atoms with Crippen LogP contribution in [0.25, 0.3) is 0 Å². The van der Waals surface area contributed by atoms with Crippen LogP contribution in [0.4, 0.5) is 21.6 Å². The molecular formula is C23H30FN7OS. The van der Waals surface area contributed by atoms with Gasteiger partial charge in [-0.25, -0.2) is 9.37 Å². The lowest BCUT2D eigenvalue weighted by Crippen LogP contribution is -2.49. The molecule has 1 aliphatic rings. The highest BCUT2D eigenvalue weighted by molar-refractivity contribution is 7.59. The number of aromatic nitrogens is 4. The van der Waals surface area contributed by atoms with Crippen LogP contribution < -0.4 is 15.5 Å². The molecule has 0 bridgehead atoms. The lowest BCUT2D eigenvalue weighted by atomic mass is 9.98. The molecule has 1 amide bonds. The summed E-state index contributed by atoms with van der Waals surface area (Å²) in [4.78, 5) is 23.1. The number of hydrogen-bond donors (Lipinski definition) is 2. The number of fused-ring (bicyclic) bond motifs is 1. The topological polar surface area (TPSA) is 88.0 Å². The van der Waals surface area contributed by atoms with Gasteiger partial charge in [0.2, 0.25) is 5.91 Å². The van der Waals surface area contributed by atoms with Crippen molar-refractivity contribution in [3.63, 3.8) is 0 Å². The van der Waals surface area contributed by atoms with Crippen molar-refractivity contribution in [3.05, 3.63) is 59.1 Å². The van der Waals surface area contributed by atoms with Crippen LogP contribution in [0.3, 0.4) is 0 Å². The number of nitrogens with one attached hydrogen (secondary N) is 2. The summed E-state index contributed by atoms with van der Waals surface area (Å²) in [6, 6.07) is 3.39. The van der Waals surface area contributed by atoms with Crippen molar-refractivity contribution in [2.45, 2.75) is 46.8 Å². The van der Waals surface area contributed by atoms with Gasteiger partial charge in [0.1, 0.15) is 17.7 Å². The Morgan fingerprint density at radius 2 is 2.03 bits per heavy atom. The number of likely N-dealkylation sites (N-methyl/N-ethyl adjacent to an activating group) is 1. The van der Waals surface area contributed by atoms with Gasteiger partial charge in [0.05, 0.1) is 35.5 Å². The monoisotopic (exact) mass is 471 g/mol. The molecule has 176 valence electrons. The van der Waals surface area contributed by atoms with Gasteiger partial charge in [-0.05, 0) is 25.8 Å². The lowest BCUT2D eigenvalue weighted by molar-refractivity contribution is -0.118. The van der Waals surface area contributed by atoms with Crippen LogP contribution in [0, 0.1) is 25.6 Å². The highest BCUT2D eigenvalue weighted by atomic mass is 32.1. The van der Waals surface area contributed by atoms with Crippen LogP contribution in [0.15, 0.2) is 30.7 Å². The molecule has 10 heteroatoms. The predicted octanol–water partition coefficient (Wildman–Crippen LogP) is 3.62. The van der Waals surface area contributed by atoms with Gasteiger partial charge >= 0.3 is 0 Å². The predicted molar refractivity (Wildman–Crippen MR) is 133 cm³/mol.